The number of ether oxygens (including phenoxy) is 1. The second-order valence-electron chi connectivity index (χ2n) is 12.4. The van der Waals surface area contributed by atoms with E-state index in [0.29, 0.717) is 18.2 Å². The van der Waals surface area contributed by atoms with Gasteiger partial charge in [0.05, 0.1) is 30.5 Å². The number of nitrogens with zero attached hydrogens (tertiary/aromatic N) is 5. The fourth-order valence-corrected chi connectivity index (χ4v) is 6.25. The molecule has 0 radical (unpaired) electrons. The van der Waals surface area contributed by atoms with Crippen molar-refractivity contribution in [1.29, 1.82) is 0 Å². The zero-order chi connectivity index (χ0) is 30.6. The van der Waals surface area contributed by atoms with Crippen molar-refractivity contribution in [2.24, 2.45) is 7.05 Å². The Hall–Kier alpha value is -4.05. The first-order valence-electron chi connectivity index (χ1n) is 15.6. The van der Waals surface area contributed by atoms with E-state index in [4.69, 9.17) is 10.5 Å². The summed E-state index contributed by atoms with van der Waals surface area (Å²) in [6.45, 7) is 7.16. The molecule has 1 aliphatic carbocycles. The molecule has 0 bridgehead atoms. The van der Waals surface area contributed by atoms with Crippen LogP contribution in [0.3, 0.4) is 0 Å². The second kappa shape index (κ2) is 13.3. The van der Waals surface area contributed by atoms with Crippen molar-refractivity contribution in [3.05, 3.63) is 89.9 Å². The van der Waals surface area contributed by atoms with Crippen LogP contribution in [0.5, 0.6) is 0 Å². The summed E-state index contributed by atoms with van der Waals surface area (Å²) >= 11 is 0. The average Bonchev–Trinajstić information content (AvgIpc) is 3.67. The highest BCUT2D eigenvalue weighted by Crippen LogP contribution is 2.27. The molecule has 3 N–H and O–H groups in total. The van der Waals surface area contributed by atoms with E-state index in [1.165, 1.54) is 16.7 Å². The first-order chi connectivity index (χ1) is 21.3. The standard InChI is InChI=1S/C35H43N7O2/c1-24-20-42(16-15-40(24)2)21-25-7-11-27(12-8-25)28-13-9-26(10-14-28)23-44-33-6-4-5-32(33)39-35(43)31-17-29(18-37-34(31)36)30-19-38-41(3)22-30/h7-14,17-19,22,24,32-33H,4-6,15-16,20-21,23H2,1-3H3,(H2,36,37)(H,39,43)/t24?,32-,33-/m0/s1. The molecule has 1 saturated heterocycles. The third-order valence-corrected chi connectivity index (χ3v) is 9.13. The summed E-state index contributed by atoms with van der Waals surface area (Å²) in [5, 5.41) is 7.37. The molecule has 44 heavy (non-hydrogen) atoms. The lowest BCUT2D eigenvalue weighted by molar-refractivity contribution is 0.0272. The second-order valence-corrected chi connectivity index (χ2v) is 12.4. The van der Waals surface area contributed by atoms with Crippen molar-refractivity contribution < 1.29 is 9.53 Å². The Morgan fingerprint density at radius 3 is 2.36 bits per heavy atom. The van der Waals surface area contributed by atoms with Crippen LogP contribution in [0, 0.1) is 0 Å². The zero-order valence-electron chi connectivity index (χ0n) is 25.9. The van der Waals surface area contributed by atoms with Gasteiger partial charge >= 0.3 is 0 Å². The van der Waals surface area contributed by atoms with Crippen LogP contribution in [0.1, 0.15) is 47.7 Å². The maximum atomic E-state index is 13.2. The third kappa shape index (κ3) is 7.01. The van der Waals surface area contributed by atoms with Crippen LogP contribution in [0.25, 0.3) is 22.3 Å². The van der Waals surface area contributed by atoms with Gasteiger partial charge in [-0.3, -0.25) is 14.4 Å². The number of aryl methyl sites for hydroxylation is 1. The number of likely N-dealkylation sites (N-methyl/N-ethyl adjacent to an activating group) is 1. The van der Waals surface area contributed by atoms with Crippen molar-refractivity contribution >= 4 is 11.7 Å². The van der Waals surface area contributed by atoms with Gasteiger partial charge in [-0.1, -0.05) is 48.5 Å². The minimum Gasteiger partial charge on any atom is -0.383 e. The largest absolute Gasteiger partial charge is 0.383 e. The molecule has 2 aliphatic rings. The van der Waals surface area contributed by atoms with E-state index in [1.54, 1.807) is 23.1 Å². The smallest absolute Gasteiger partial charge is 0.255 e. The molecule has 4 aromatic rings. The summed E-state index contributed by atoms with van der Waals surface area (Å²) in [5.41, 5.74) is 13.0. The molecule has 6 rings (SSSR count). The van der Waals surface area contributed by atoms with Gasteiger partial charge in [0.1, 0.15) is 5.82 Å². The number of piperazine rings is 1. The lowest BCUT2D eigenvalue weighted by atomic mass is 10.0. The van der Waals surface area contributed by atoms with Gasteiger partial charge in [-0.05, 0) is 61.6 Å². The number of anilines is 1. The fraction of sp³-hybridized carbons (Fsp3) is 0.400. The van der Waals surface area contributed by atoms with Gasteiger partial charge in [0.2, 0.25) is 0 Å². The van der Waals surface area contributed by atoms with Crippen LogP contribution < -0.4 is 11.1 Å². The summed E-state index contributed by atoms with van der Waals surface area (Å²) < 4.78 is 8.05. The molecule has 3 heterocycles. The number of hydrogen-bond acceptors (Lipinski definition) is 7. The summed E-state index contributed by atoms with van der Waals surface area (Å²) in [5.74, 6) is -0.0142. The van der Waals surface area contributed by atoms with Crippen LogP contribution in [-0.4, -0.2) is 75.3 Å². The van der Waals surface area contributed by atoms with Gasteiger partial charge in [-0.2, -0.15) is 5.10 Å². The van der Waals surface area contributed by atoms with Crippen LogP contribution in [0.2, 0.25) is 0 Å². The minimum atomic E-state index is -0.227. The predicted molar refractivity (Wildman–Crippen MR) is 174 cm³/mol. The molecular weight excluding hydrogens is 550 g/mol. The molecule has 0 spiro atoms. The molecule has 1 amide bonds. The minimum absolute atomic E-state index is 0.0508. The number of aromatic nitrogens is 3. The molecule has 9 heteroatoms. The molecular formula is C35H43N7O2. The maximum absolute atomic E-state index is 13.2. The topological polar surface area (TPSA) is 102 Å². The van der Waals surface area contributed by atoms with E-state index < -0.39 is 0 Å². The number of nitrogen functional groups attached to an aromatic ring is 1. The SMILES string of the molecule is CC1CN(Cc2ccc(-c3ccc(CO[C@H]4CCC[C@@H]4NC(=O)c4cc(-c5cnn(C)c5)cnc4N)cc3)cc2)CCN1C. The third-order valence-electron chi connectivity index (χ3n) is 9.13. The van der Waals surface area contributed by atoms with Crippen molar-refractivity contribution in [2.45, 2.75) is 57.5 Å². The molecule has 9 nitrogen and oxygen atoms in total. The molecule has 2 aromatic carbocycles. The predicted octanol–water partition coefficient (Wildman–Crippen LogP) is 4.73. The highest BCUT2D eigenvalue weighted by atomic mass is 16.5. The zero-order valence-corrected chi connectivity index (χ0v) is 25.9. The molecule has 1 unspecified atom stereocenters. The van der Waals surface area contributed by atoms with Gasteiger partial charge in [-0.25, -0.2) is 4.98 Å². The van der Waals surface area contributed by atoms with Gasteiger partial charge in [-0.15, -0.1) is 0 Å². The van der Waals surface area contributed by atoms with Gasteiger partial charge < -0.3 is 20.7 Å². The quantitative estimate of drug-likeness (QED) is 0.289. The van der Waals surface area contributed by atoms with Crippen molar-refractivity contribution in [1.82, 2.24) is 29.9 Å². The molecule has 2 fully saturated rings. The number of pyridine rings is 1. The van der Waals surface area contributed by atoms with Crippen molar-refractivity contribution in [3.8, 4) is 22.3 Å². The van der Waals surface area contributed by atoms with Crippen molar-refractivity contribution in [3.63, 3.8) is 0 Å². The highest BCUT2D eigenvalue weighted by Gasteiger charge is 2.30. The molecule has 2 aromatic heterocycles. The molecule has 3 atom stereocenters. The van der Waals surface area contributed by atoms with Crippen LogP contribution in [0.15, 0.2) is 73.2 Å². The summed E-state index contributed by atoms with van der Waals surface area (Å²) in [6, 6.07) is 19.8. The number of amides is 1. The normalized spacial score (nSPS) is 21.0. The number of nitrogens with two attached hydrogens (primary N) is 1. The van der Waals surface area contributed by atoms with Crippen molar-refractivity contribution in [2.75, 3.05) is 32.4 Å². The lowest BCUT2D eigenvalue weighted by Gasteiger charge is -2.37. The molecule has 1 aliphatic heterocycles. The fourth-order valence-electron chi connectivity index (χ4n) is 6.25. The Morgan fingerprint density at radius 1 is 0.955 bits per heavy atom. The van der Waals surface area contributed by atoms with E-state index in [2.05, 4.69) is 87.7 Å². The number of carbonyl (C=O) groups excluding carboxylic acids is 1. The molecule has 230 valence electrons. The monoisotopic (exact) mass is 593 g/mol. The van der Waals surface area contributed by atoms with Crippen LogP contribution in [0.4, 0.5) is 5.82 Å². The van der Waals surface area contributed by atoms with Gasteiger partial charge in [0.25, 0.3) is 5.91 Å². The summed E-state index contributed by atoms with van der Waals surface area (Å²) in [6.07, 6.45) is 8.03. The Balaban J connectivity index is 1.02. The maximum Gasteiger partial charge on any atom is 0.255 e. The lowest BCUT2D eigenvalue weighted by Crippen LogP contribution is -2.49. The Bertz CT molecular complexity index is 1570. The molecule has 1 saturated carbocycles. The highest BCUT2D eigenvalue weighted by molar-refractivity contribution is 5.99. The number of rotatable bonds is 9. The summed E-state index contributed by atoms with van der Waals surface area (Å²) in [4.78, 5) is 22.5. The van der Waals surface area contributed by atoms with E-state index in [9.17, 15) is 4.79 Å². The van der Waals surface area contributed by atoms with Gasteiger partial charge in [0.15, 0.2) is 0 Å². The first kappa shape index (κ1) is 30.0. The Labute approximate surface area is 260 Å². The number of carbonyl (C=O) groups is 1. The van der Waals surface area contributed by atoms with E-state index in [0.717, 1.165) is 62.1 Å². The van der Waals surface area contributed by atoms with E-state index in [-0.39, 0.29) is 23.9 Å². The number of nitrogens with one attached hydrogen (secondary N) is 1. The summed E-state index contributed by atoms with van der Waals surface area (Å²) in [7, 11) is 4.06. The van der Waals surface area contributed by atoms with Crippen LogP contribution >= 0.6 is 0 Å². The Morgan fingerprint density at radius 2 is 1.68 bits per heavy atom. The van der Waals surface area contributed by atoms with E-state index >= 15 is 0 Å². The number of hydrogen-bond donors (Lipinski definition) is 2. The van der Waals surface area contributed by atoms with Gasteiger partial charge in [0, 0.05) is 62.8 Å². The number of benzene rings is 2. The first-order valence-corrected chi connectivity index (χ1v) is 15.6. The average molecular weight is 594 g/mol. The van der Waals surface area contributed by atoms with E-state index in [1.807, 2.05) is 13.2 Å². The van der Waals surface area contributed by atoms with Crippen LogP contribution in [-0.2, 0) is 24.9 Å². The Kier molecular flexibility index (Phi) is 9.07.